The number of hydrogen-bond donors (Lipinski definition) is 0. The van der Waals surface area contributed by atoms with E-state index >= 15 is 0 Å². The molecule has 0 unspecified atom stereocenters. The van der Waals surface area contributed by atoms with E-state index in [4.69, 9.17) is 14.5 Å². The molecule has 0 radical (unpaired) electrons. The van der Waals surface area contributed by atoms with Crippen LogP contribution in [0.5, 0.6) is 11.5 Å². The summed E-state index contributed by atoms with van der Waals surface area (Å²) in [5.74, 6) is 2.67. The SMILES string of the molecule is COc1ccccc1OCCCn1c(C(C)(C)C)nc2ccccc21. The minimum absolute atomic E-state index is 0.00251. The zero-order valence-corrected chi connectivity index (χ0v) is 15.5. The van der Waals surface area contributed by atoms with E-state index < -0.39 is 0 Å². The lowest BCUT2D eigenvalue weighted by Crippen LogP contribution is -2.19. The molecule has 3 aromatic rings. The quantitative estimate of drug-likeness (QED) is 0.605. The Bertz CT molecular complexity index is 846. The molecular formula is C21H26N2O2. The Hall–Kier alpha value is -2.49. The highest BCUT2D eigenvalue weighted by atomic mass is 16.5. The second-order valence-electron chi connectivity index (χ2n) is 7.18. The van der Waals surface area contributed by atoms with Crippen LogP contribution < -0.4 is 9.47 Å². The first-order chi connectivity index (χ1) is 12.0. The van der Waals surface area contributed by atoms with Gasteiger partial charge >= 0.3 is 0 Å². The average molecular weight is 338 g/mol. The van der Waals surface area contributed by atoms with Gasteiger partial charge in [0.1, 0.15) is 5.82 Å². The Balaban J connectivity index is 1.73. The van der Waals surface area contributed by atoms with Gasteiger partial charge in [0.25, 0.3) is 0 Å². The molecule has 0 saturated carbocycles. The lowest BCUT2D eigenvalue weighted by molar-refractivity contribution is 0.281. The number of imidazole rings is 1. The summed E-state index contributed by atoms with van der Waals surface area (Å²) < 4.78 is 13.6. The van der Waals surface area contributed by atoms with Gasteiger partial charge in [-0.1, -0.05) is 45.0 Å². The van der Waals surface area contributed by atoms with Crippen LogP contribution in [-0.4, -0.2) is 23.3 Å². The summed E-state index contributed by atoms with van der Waals surface area (Å²) in [6.07, 6.45) is 0.904. The number of rotatable bonds is 6. The Morgan fingerprint density at radius 3 is 2.36 bits per heavy atom. The van der Waals surface area contributed by atoms with Crippen molar-refractivity contribution in [2.24, 2.45) is 0 Å². The zero-order valence-electron chi connectivity index (χ0n) is 15.5. The molecule has 3 rings (SSSR count). The average Bonchev–Trinajstić information content (AvgIpc) is 2.98. The first kappa shape index (κ1) is 17.3. The number of nitrogens with zero attached hydrogens (tertiary/aromatic N) is 2. The highest BCUT2D eigenvalue weighted by Crippen LogP contribution is 2.28. The molecule has 132 valence electrons. The lowest BCUT2D eigenvalue weighted by Gasteiger charge is -2.20. The van der Waals surface area contributed by atoms with Gasteiger partial charge in [-0.3, -0.25) is 0 Å². The lowest BCUT2D eigenvalue weighted by atomic mass is 9.95. The van der Waals surface area contributed by atoms with Gasteiger partial charge in [0.2, 0.25) is 0 Å². The first-order valence-corrected chi connectivity index (χ1v) is 8.72. The maximum Gasteiger partial charge on any atom is 0.161 e. The van der Waals surface area contributed by atoms with E-state index in [0.717, 1.165) is 35.8 Å². The van der Waals surface area contributed by atoms with Crippen LogP contribution in [0.3, 0.4) is 0 Å². The van der Waals surface area contributed by atoms with Gasteiger partial charge in [0.05, 0.1) is 24.8 Å². The summed E-state index contributed by atoms with van der Waals surface area (Å²) in [6.45, 7) is 8.13. The molecule has 2 aromatic carbocycles. The number of hydrogen-bond acceptors (Lipinski definition) is 3. The van der Waals surface area contributed by atoms with Gasteiger partial charge < -0.3 is 14.0 Å². The fraction of sp³-hybridized carbons (Fsp3) is 0.381. The molecule has 0 aliphatic rings. The monoisotopic (exact) mass is 338 g/mol. The van der Waals surface area contributed by atoms with Gasteiger partial charge in [0, 0.05) is 12.0 Å². The molecule has 0 atom stereocenters. The van der Waals surface area contributed by atoms with E-state index in [1.54, 1.807) is 7.11 Å². The number of para-hydroxylation sites is 4. The molecule has 0 spiro atoms. The van der Waals surface area contributed by atoms with Crippen molar-refractivity contribution in [3.05, 3.63) is 54.4 Å². The van der Waals surface area contributed by atoms with Crippen molar-refractivity contribution in [1.29, 1.82) is 0 Å². The number of benzene rings is 2. The number of aryl methyl sites for hydroxylation is 1. The molecule has 0 saturated heterocycles. The molecule has 25 heavy (non-hydrogen) atoms. The highest BCUT2D eigenvalue weighted by Gasteiger charge is 2.22. The van der Waals surface area contributed by atoms with E-state index in [9.17, 15) is 0 Å². The van der Waals surface area contributed by atoms with Crippen LogP contribution in [0.25, 0.3) is 11.0 Å². The molecule has 4 heteroatoms. The Morgan fingerprint density at radius 1 is 0.960 bits per heavy atom. The minimum atomic E-state index is 0.00251. The van der Waals surface area contributed by atoms with Crippen molar-refractivity contribution in [2.75, 3.05) is 13.7 Å². The van der Waals surface area contributed by atoms with Crippen LogP contribution >= 0.6 is 0 Å². The molecule has 4 nitrogen and oxygen atoms in total. The summed E-state index contributed by atoms with van der Waals surface area (Å²) in [5.41, 5.74) is 2.24. The number of fused-ring (bicyclic) bond motifs is 1. The summed E-state index contributed by atoms with van der Waals surface area (Å²) >= 11 is 0. The van der Waals surface area contributed by atoms with Crippen molar-refractivity contribution in [1.82, 2.24) is 9.55 Å². The largest absolute Gasteiger partial charge is 0.493 e. The minimum Gasteiger partial charge on any atom is -0.493 e. The van der Waals surface area contributed by atoms with Crippen LogP contribution in [0.4, 0.5) is 0 Å². The molecule has 0 amide bonds. The summed E-state index contributed by atoms with van der Waals surface area (Å²) in [6, 6.07) is 16.1. The standard InChI is InChI=1S/C21H26N2O2/c1-21(2,3)20-22-16-10-5-6-11-17(16)23(20)14-9-15-25-19-13-8-7-12-18(19)24-4/h5-8,10-13H,9,14-15H2,1-4H3. The van der Waals surface area contributed by atoms with Crippen LogP contribution in [0.1, 0.15) is 33.0 Å². The van der Waals surface area contributed by atoms with E-state index in [-0.39, 0.29) is 5.41 Å². The van der Waals surface area contributed by atoms with Gasteiger partial charge in [-0.25, -0.2) is 4.98 Å². The number of aromatic nitrogens is 2. The smallest absolute Gasteiger partial charge is 0.161 e. The second-order valence-corrected chi connectivity index (χ2v) is 7.18. The van der Waals surface area contributed by atoms with E-state index in [1.165, 1.54) is 5.52 Å². The predicted octanol–water partition coefficient (Wildman–Crippen LogP) is 4.81. The topological polar surface area (TPSA) is 36.3 Å². The predicted molar refractivity (Wildman–Crippen MR) is 102 cm³/mol. The molecular weight excluding hydrogens is 312 g/mol. The van der Waals surface area contributed by atoms with E-state index in [0.29, 0.717) is 6.61 Å². The van der Waals surface area contributed by atoms with Crippen LogP contribution in [0.15, 0.2) is 48.5 Å². The Morgan fingerprint density at radius 2 is 1.64 bits per heavy atom. The summed E-state index contributed by atoms with van der Waals surface area (Å²) in [7, 11) is 1.66. The third kappa shape index (κ3) is 3.78. The normalized spacial score (nSPS) is 11.7. The maximum atomic E-state index is 5.91. The van der Waals surface area contributed by atoms with Crippen molar-refractivity contribution < 1.29 is 9.47 Å². The third-order valence-electron chi connectivity index (χ3n) is 4.18. The summed E-state index contributed by atoms with van der Waals surface area (Å²) in [4.78, 5) is 4.85. The second kappa shape index (κ2) is 7.18. The molecule has 0 aliphatic heterocycles. The van der Waals surface area contributed by atoms with Gasteiger partial charge in [0.15, 0.2) is 11.5 Å². The van der Waals surface area contributed by atoms with Crippen molar-refractivity contribution in [3.8, 4) is 11.5 Å². The number of methoxy groups -OCH3 is 1. The first-order valence-electron chi connectivity index (χ1n) is 8.72. The summed E-state index contributed by atoms with van der Waals surface area (Å²) in [5, 5.41) is 0. The highest BCUT2D eigenvalue weighted by molar-refractivity contribution is 5.76. The Labute approximate surface area is 149 Å². The molecule has 0 bridgehead atoms. The Kier molecular flexibility index (Phi) is 4.98. The maximum absolute atomic E-state index is 5.91. The van der Waals surface area contributed by atoms with Crippen LogP contribution in [-0.2, 0) is 12.0 Å². The van der Waals surface area contributed by atoms with E-state index in [2.05, 4.69) is 43.5 Å². The van der Waals surface area contributed by atoms with Gasteiger partial charge in [-0.15, -0.1) is 0 Å². The van der Waals surface area contributed by atoms with Crippen LogP contribution in [0, 0.1) is 0 Å². The fourth-order valence-electron chi connectivity index (χ4n) is 3.02. The zero-order chi connectivity index (χ0) is 17.9. The van der Waals surface area contributed by atoms with Crippen LogP contribution in [0.2, 0.25) is 0 Å². The van der Waals surface area contributed by atoms with Crippen molar-refractivity contribution >= 4 is 11.0 Å². The van der Waals surface area contributed by atoms with Gasteiger partial charge in [-0.05, 0) is 30.7 Å². The van der Waals surface area contributed by atoms with Crippen molar-refractivity contribution in [2.45, 2.75) is 39.2 Å². The fourth-order valence-corrected chi connectivity index (χ4v) is 3.02. The number of ether oxygens (including phenoxy) is 2. The molecule has 1 aromatic heterocycles. The van der Waals surface area contributed by atoms with Crippen molar-refractivity contribution in [3.63, 3.8) is 0 Å². The molecule has 0 aliphatic carbocycles. The third-order valence-corrected chi connectivity index (χ3v) is 4.18. The molecule has 0 N–H and O–H groups in total. The van der Waals surface area contributed by atoms with E-state index in [1.807, 2.05) is 30.3 Å². The molecule has 0 fully saturated rings. The molecule has 1 heterocycles. The van der Waals surface area contributed by atoms with Gasteiger partial charge in [-0.2, -0.15) is 0 Å².